The average molecular weight is 231 g/mol. The van der Waals surface area contributed by atoms with Crippen molar-refractivity contribution in [1.29, 1.82) is 0 Å². The highest BCUT2D eigenvalue weighted by Crippen LogP contribution is 2.25. The van der Waals surface area contributed by atoms with Crippen LogP contribution >= 0.6 is 15.9 Å². The largest absolute Gasteiger partial charge is 0.507 e. The number of hydrogen-bond acceptors (Lipinski definition) is 2. The zero-order valence-electron chi connectivity index (χ0n) is 6.34. The van der Waals surface area contributed by atoms with Crippen LogP contribution in [0, 0.1) is 6.92 Å². The Labute approximate surface area is 77.8 Å². The van der Waals surface area contributed by atoms with E-state index in [1.807, 2.05) is 0 Å². The highest BCUT2D eigenvalue weighted by Gasteiger charge is 2.12. The van der Waals surface area contributed by atoms with Gasteiger partial charge in [0.05, 0.1) is 0 Å². The lowest BCUT2D eigenvalue weighted by molar-refractivity contribution is 0.0693. The normalized spacial score (nSPS) is 9.83. The van der Waals surface area contributed by atoms with Crippen LogP contribution in [0.1, 0.15) is 15.9 Å². The monoisotopic (exact) mass is 230 g/mol. The van der Waals surface area contributed by atoms with Crippen LogP contribution in [0.4, 0.5) is 0 Å². The minimum atomic E-state index is -1.11. The van der Waals surface area contributed by atoms with Crippen LogP contribution in [0.15, 0.2) is 16.6 Å². The number of carbonyl (C=O) groups is 1. The van der Waals surface area contributed by atoms with Gasteiger partial charge in [0, 0.05) is 4.47 Å². The number of hydrogen-bond donors (Lipinski definition) is 2. The molecule has 0 fully saturated rings. The fourth-order valence-corrected chi connectivity index (χ4v) is 1.56. The van der Waals surface area contributed by atoms with Crippen molar-refractivity contribution >= 4 is 21.9 Å². The van der Waals surface area contributed by atoms with E-state index in [9.17, 15) is 9.90 Å². The number of aryl methyl sites for hydroxylation is 1. The molecule has 0 aromatic heterocycles. The van der Waals surface area contributed by atoms with Gasteiger partial charge in [-0.3, -0.25) is 0 Å². The van der Waals surface area contributed by atoms with E-state index in [4.69, 9.17) is 5.11 Å². The van der Waals surface area contributed by atoms with Crippen LogP contribution < -0.4 is 0 Å². The third kappa shape index (κ3) is 1.58. The Morgan fingerprint density at radius 1 is 1.50 bits per heavy atom. The first-order chi connectivity index (χ1) is 5.52. The van der Waals surface area contributed by atoms with Gasteiger partial charge in [0.25, 0.3) is 0 Å². The van der Waals surface area contributed by atoms with Crippen molar-refractivity contribution in [2.24, 2.45) is 0 Å². The molecule has 0 aliphatic heterocycles. The summed E-state index contributed by atoms with van der Waals surface area (Å²) in [5.41, 5.74) is 0.493. The first-order valence-corrected chi connectivity index (χ1v) is 4.04. The molecule has 1 rings (SSSR count). The lowest BCUT2D eigenvalue weighted by atomic mass is 10.1. The summed E-state index contributed by atoms with van der Waals surface area (Å²) in [5.74, 6) is -1.33. The van der Waals surface area contributed by atoms with Gasteiger partial charge in [-0.1, -0.05) is 15.9 Å². The molecular formula is C8H7BrO3. The molecule has 0 bridgehead atoms. The second-order valence-corrected chi connectivity index (χ2v) is 3.34. The van der Waals surface area contributed by atoms with Crippen molar-refractivity contribution in [1.82, 2.24) is 0 Å². The molecule has 12 heavy (non-hydrogen) atoms. The molecule has 1 aromatic rings. The van der Waals surface area contributed by atoms with Gasteiger partial charge in [-0.25, -0.2) is 4.79 Å². The number of aromatic carboxylic acids is 1. The second-order valence-electron chi connectivity index (χ2n) is 2.42. The van der Waals surface area contributed by atoms with Crippen molar-refractivity contribution in [3.05, 3.63) is 27.7 Å². The molecule has 0 amide bonds. The molecule has 1 aromatic carbocycles. The maximum Gasteiger partial charge on any atom is 0.339 e. The van der Waals surface area contributed by atoms with E-state index in [1.165, 1.54) is 6.07 Å². The Morgan fingerprint density at radius 3 is 2.50 bits per heavy atom. The first-order valence-electron chi connectivity index (χ1n) is 3.25. The SMILES string of the molecule is Cc1cc(Br)cc(O)c1C(=O)O. The highest BCUT2D eigenvalue weighted by molar-refractivity contribution is 9.10. The Kier molecular flexibility index (Phi) is 2.38. The predicted molar refractivity (Wildman–Crippen MR) is 47.5 cm³/mol. The summed E-state index contributed by atoms with van der Waals surface area (Å²) in [5, 5.41) is 17.9. The van der Waals surface area contributed by atoms with E-state index >= 15 is 0 Å². The summed E-state index contributed by atoms with van der Waals surface area (Å²) in [6.45, 7) is 1.63. The van der Waals surface area contributed by atoms with E-state index in [0.717, 1.165) is 0 Å². The second kappa shape index (κ2) is 3.15. The van der Waals surface area contributed by atoms with E-state index in [2.05, 4.69) is 15.9 Å². The third-order valence-corrected chi connectivity index (χ3v) is 1.95. The zero-order chi connectivity index (χ0) is 9.30. The van der Waals surface area contributed by atoms with Crippen molar-refractivity contribution in [2.75, 3.05) is 0 Å². The number of carboxylic acid groups (broad SMARTS) is 1. The average Bonchev–Trinajstić information content (AvgIpc) is 1.82. The summed E-state index contributed by atoms with van der Waals surface area (Å²) < 4.78 is 0.669. The molecule has 2 N–H and O–H groups in total. The molecule has 0 unspecified atom stereocenters. The van der Waals surface area contributed by atoms with Crippen LogP contribution in [0.2, 0.25) is 0 Å². The fourth-order valence-electron chi connectivity index (χ4n) is 1.00. The minimum absolute atomic E-state index is 0.0433. The summed E-state index contributed by atoms with van der Waals surface area (Å²) in [7, 11) is 0. The molecule has 0 aliphatic rings. The summed E-state index contributed by atoms with van der Waals surface area (Å²) >= 11 is 3.14. The molecule has 4 heteroatoms. The van der Waals surface area contributed by atoms with Gasteiger partial charge < -0.3 is 10.2 Å². The zero-order valence-corrected chi connectivity index (χ0v) is 7.92. The molecule has 0 atom stereocenters. The standard InChI is InChI=1S/C8H7BrO3/c1-4-2-5(9)3-6(10)7(4)8(11)12/h2-3,10H,1H3,(H,11,12). The molecular weight excluding hydrogens is 224 g/mol. The summed E-state index contributed by atoms with van der Waals surface area (Å²) in [6.07, 6.45) is 0. The molecule has 0 spiro atoms. The van der Waals surface area contributed by atoms with Crippen molar-refractivity contribution in [3.63, 3.8) is 0 Å². The van der Waals surface area contributed by atoms with Gasteiger partial charge in [-0.15, -0.1) is 0 Å². The lowest BCUT2D eigenvalue weighted by Crippen LogP contribution is -1.99. The van der Waals surface area contributed by atoms with Gasteiger partial charge in [0.15, 0.2) is 0 Å². The van der Waals surface area contributed by atoms with Gasteiger partial charge in [0.2, 0.25) is 0 Å². The van der Waals surface area contributed by atoms with Crippen LogP contribution in [-0.4, -0.2) is 16.2 Å². The topological polar surface area (TPSA) is 57.5 Å². The van der Waals surface area contributed by atoms with Crippen molar-refractivity contribution < 1.29 is 15.0 Å². The highest BCUT2D eigenvalue weighted by atomic mass is 79.9. The van der Waals surface area contributed by atoms with Crippen molar-refractivity contribution in [3.8, 4) is 5.75 Å². The Hall–Kier alpha value is -1.03. The summed E-state index contributed by atoms with van der Waals surface area (Å²) in [4.78, 5) is 10.6. The van der Waals surface area contributed by atoms with E-state index in [-0.39, 0.29) is 11.3 Å². The predicted octanol–water partition coefficient (Wildman–Crippen LogP) is 2.16. The molecule has 0 saturated heterocycles. The number of rotatable bonds is 1. The molecule has 0 aliphatic carbocycles. The number of benzene rings is 1. The van der Waals surface area contributed by atoms with Crippen LogP contribution in [0.25, 0.3) is 0 Å². The first kappa shape index (κ1) is 9.06. The maximum absolute atomic E-state index is 10.6. The van der Waals surface area contributed by atoms with Crippen LogP contribution in [0.3, 0.4) is 0 Å². The third-order valence-electron chi connectivity index (χ3n) is 1.49. The fraction of sp³-hybridized carbons (Fsp3) is 0.125. The van der Waals surface area contributed by atoms with E-state index in [1.54, 1.807) is 13.0 Å². The molecule has 0 heterocycles. The maximum atomic E-state index is 10.6. The number of phenols is 1. The number of aromatic hydroxyl groups is 1. The van der Waals surface area contributed by atoms with E-state index < -0.39 is 5.97 Å². The lowest BCUT2D eigenvalue weighted by Gasteiger charge is -2.03. The number of carboxylic acids is 1. The molecule has 64 valence electrons. The van der Waals surface area contributed by atoms with Gasteiger partial charge in [-0.05, 0) is 24.6 Å². The number of halogens is 1. The van der Waals surface area contributed by atoms with E-state index in [0.29, 0.717) is 10.0 Å². The Balaban J connectivity index is 3.38. The van der Waals surface area contributed by atoms with Crippen LogP contribution in [-0.2, 0) is 0 Å². The minimum Gasteiger partial charge on any atom is -0.507 e. The van der Waals surface area contributed by atoms with Gasteiger partial charge >= 0.3 is 5.97 Å². The Bertz CT molecular complexity index is 310. The van der Waals surface area contributed by atoms with Crippen LogP contribution in [0.5, 0.6) is 5.75 Å². The summed E-state index contributed by atoms with van der Waals surface area (Å²) in [6, 6.07) is 3.00. The smallest absolute Gasteiger partial charge is 0.339 e. The molecule has 0 saturated carbocycles. The molecule has 3 nitrogen and oxygen atoms in total. The molecule has 0 radical (unpaired) electrons. The van der Waals surface area contributed by atoms with Gasteiger partial charge in [0.1, 0.15) is 11.3 Å². The Morgan fingerprint density at radius 2 is 2.08 bits per heavy atom. The van der Waals surface area contributed by atoms with Gasteiger partial charge in [-0.2, -0.15) is 0 Å². The quantitative estimate of drug-likeness (QED) is 0.778. The van der Waals surface area contributed by atoms with Crippen molar-refractivity contribution in [2.45, 2.75) is 6.92 Å².